The second kappa shape index (κ2) is 48.4. The van der Waals surface area contributed by atoms with Gasteiger partial charge in [0.1, 0.15) is 92.7 Å². The van der Waals surface area contributed by atoms with Crippen LogP contribution in [0.4, 0.5) is 0 Å². The van der Waals surface area contributed by atoms with Crippen LogP contribution in [0.3, 0.4) is 0 Å². The molecule has 21 atom stereocenters. The van der Waals surface area contributed by atoms with Crippen LogP contribution in [0.5, 0.6) is 0 Å². The van der Waals surface area contributed by atoms with Gasteiger partial charge in [0.2, 0.25) is 0 Å². The minimum Gasteiger partial charge on any atom is 0 e. The van der Waals surface area contributed by atoms with Crippen molar-refractivity contribution in [2.75, 3.05) is 26.4 Å². The summed E-state index contributed by atoms with van der Waals surface area (Å²) in [4.78, 5) is 2.29. The Morgan fingerprint density at radius 1 is 0.551 bits per heavy atom. The normalized spacial score (nSPS) is 34.7. The van der Waals surface area contributed by atoms with Gasteiger partial charge in [-0.1, -0.05) is 114 Å². The van der Waals surface area contributed by atoms with Gasteiger partial charge < -0.3 is 138 Å². The minimum atomic E-state index is -1.50. The zero-order valence-corrected chi connectivity index (χ0v) is 64.0. The summed E-state index contributed by atoms with van der Waals surface area (Å²) in [5.74, 6) is 0. The van der Waals surface area contributed by atoms with E-state index in [2.05, 4.69) is 174 Å². The van der Waals surface area contributed by atoms with Crippen LogP contribution in [0.2, 0.25) is 15.9 Å². The van der Waals surface area contributed by atoms with E-state index in [9.17, 15) is 56.2 Å². The van der Waals surface area contributed by atoms with Crippen LogP contribution in [0, 0.1) is 18.8 Å². The van der Waals surface area contributed by atoms with Crippen LogP contribution < -0.4 is 0 Å². The Morgan fingerprint density at radius 2 is 0.769 bits per heavy atom. The van der Waals surface area contributed by atoms with Gasteiger partial charge in [0.15, 0.2) is 0 Å². The molecule has 4 saturated heterocycles. The van der Waals surface area contributed by atoms with Crippen LogP contribution in [-0.4, -0.2) is 267 Å². The number of aliphatic hydroxyl groups is 16. The molecule has 4 aliphatic rings. The number of halogens is 7. The first kappa shape index (κ1) is 97.2. The van der Waals surface area contributed by atoms with Crippen molar-refractivity contribution in [3.8, 4) is 0 Å². The van der Waals surface area contributed by atoms with E-state index in [4.69, 9.17) is 81.4 Å². The summed E-state index contributed by atoms with van der Waals surface area (Å²) in [6.07, 6.45) is -22.2. The molecule has 16 N–H and O–H groups in total. The van der Waals surface area contributed by atoms with Gasteiger partial charge in [0.05, 0.1) is 86.5 Å². The van der Waals surface area contributed by atoms with Crippen LogP contribution in [-0.2, 0) is 61.0 Å². The van der Waals surface area contributed by atoms with Gasteiger partial charge in [-0.3, -0.25) is 4.43 Å². The summed E-state index contributed by atoms with van der Waals surface area (Å²) in [6, 6.07) is -2.57. The molecule has 4 heterocycles. The molecule has 0 aliphatic carbocycles. The summed E-state index contributed by atoms with van der Waals surface area (Å²) < 4.78 is 23.1. The van der Waals surface area contributed by atoms with Gasteiger partial charge in [0.25, 0.3) is 0 Å². The summed E-state index contributed by atoms with van der Waals surface area (Å²) in [7, 11) is 22.4. The summed E-state index contributed by atoms with van der Waals surface area (Å²) in [5.41, 5.74) is 8.40. The maximum atomic E-state index is 9.97. The summed E-state index contributed by atoms with van der Waals surface area (Å²) in [5, 5.41) is 150. The molecule has 4 rings (SSSR count). The summed E-state index contributed by atoms with van der Waals surface area (Å²) >= 11 is 16.6. The molecule has 23 nitrogen and oxygen atoms in total. The Bertz CT molecular complexity index is 1480. The molecule has 456 valence electrons. The van der Waals surface area contributed by atoms with Crippen molar-refractivity contribution < 1.29 is 143 Å². The molecule has 37 heteroatoms. The second-order valence-electron chi connectivity index (χ2n) is 18.4. The van der Waals surface area contributed by atoms with Crippen molar-refractivity contribution in [2.24, 2.45) is 5.11 Å². The van der Waals surface area contributed by atoms with Gasteiger partial charge in [-0.05, 0) is 28.4 Å². The number of nitrogens with zero attached hydrogens (tertiary/aromatic N) is 3. The first-order chi connectivity index (χ1) is 34.0. The molecule has 0 spiro atoms. The van der Waals surface area contributed by atoms with Gasteiger partial charge in [-0.15, -0.1) is 0 Å². The number of aliphatic hydroxyl groups excluding tert-OH is 16. The molecule has 0 saturated carbocycles. The third-order valence-electron chi connectivity index (χ3n) is 10.3. The Labute approximate surface area is 582 Å². The molecule has 4 fully saturated rings. The van der Waals surface area contributed by atoms with Crippen LogP contribution in [0.15, 0.2) is 5.11 Å². The monoisotopic (exact) mass is 2020 g/mol. The fraction of sp³-hybridized carbons (Fsp3) is 0.927. The number of rotatable bonds is 9. The molecule has 9 unspecified atom stereocenters. The Morgan fingerprint density at radius 3 is 0.987 bits per heavy atom. The van der Waals surface area contributed by atoms with Crippen molar-refractivity contribution in [1.82, 2.24) is 0 Å². The zero-order chi connectivity index (χ0) is 60.5. The van der Waals surface area contributed by atoms with E-state index in [0.717, 1.165) is 0 Å². The fourth-order valence-corrected chi connectivity index (χ4v) is 6.76. The molecule has 0 aromatic heterocycles. The van der Waals surface area contributed by atoms with Gasteiger partial charge >= 0.3 is 64.9 Å². The number of ether oxygens (including phenoxy) is 4. The Hall–Kier alpha value is 5.63. The van der Waals surface area contributed by atoms with Gasteiger partial charge in [-0.2, -0.15) is 13.8 Å². The third-order valence-corrected chi connectivity index (χ3v) is 10.3. The molecule has 10 radical (unpaired) electrons. The van der Waals surface area contributed by atoms with E-state index in [0.29, 0.717) is -0.565 Å². The molecule has 4 aliphatic heterocycles. The first-order valence-electron chi connectivity index (χ1n) is 22.3. The molecule has 0 amide bonds. The number of alkyl halides is 3. The SMILES string of the molecule is CC(I)(I)I.C[CH-]I.[B]C(C)(C)[C@H]1OC(CO)[C@H](O)[C@H](N=[N+]=[N-])C1O.[B]C(C)(C)[C@H]1OC(CO)[C@H](O)[C@H](O)C1O.[B]C(C)(C)[C@H]1OC(CO)[C@H](O)[C@H](O)C1O.[B]C(O)[C@H]1OC(CO)[C@H](O)[C@H](O)C1O.[CH2-]C.[CH3-].[I][V]([I])[I].[V].[V]. The van der Waals surface area contributed by atoms with E-state index >= 15 is 0 Å². The average molecular weight is 2020 g/mol. The maximum Gasteiger partial charge on any atom is 0 e. The molecular formula is C41H78B4I7N3O20V3-3. The minimum absolute atomic E-state index is 0. The summed E-state index contributed by atoms with van der Waals surface area (Å²) in [6.45, 7) is 17.1. The van der Waals surface area contributed by atoms with Crippen molar-refractivity contribution in [2.45, 2.75) is 206 Å². The molecular weight excluding hydrogens is 1940 g/mol. The molecule has 0 aromatic carbocycles. The topological polar surface area (TPSA) is 409 Å². The Balaban J connectivity index is -0.000000157. The van der Waals surface area contributed by atoms with Gasteiger partial charge in [0, 0.05) is 48.0 Å². The largest absolute Gasteiger partial charge is 0 e. The molecule has 0 aromatic rings. The number of azide groups is 1. The van der Waals surface area contributed by atoms with Gasteiger partial charge in [-0.25, -0.2) is 0 Å². The van der Waals surface area contributed by atoms with E-state index in [1.807, 2.05) is 11.4 Å². The quantitative estimate of drug-likeness (QED) is 0.0288. The zero-order valence-electron chi connectivity index (χ0n) is 44.7. The van der Waals surface area contributed by atoms with E-state index in [1.54, 1.807) is 48.5 Å². The maximum absolute atomic E-state index is 9.97. The van der Waals surface area contributed by atoms with Crippen molar-refractivity contribution >= 4 is 182 Å². The smallest absolute Gasteiger partial charge is 0 e. The van der Waals surface area contributed by atoms with E-state index < -0.39 is 170 Å². The van der Waals surface area contributed by atoms with E-state index in [-0.39, 0.29) is 49.5 Å². The first-order valence-corrected chi connectivity index (χ1v) is 40.3. The van der Waals surface area contributed by atoms with Crippen LogP contribution in [0.1, 0.15) is 62.3 Å². The second-order valence-corrected chi connectivity index (χ2v) is 67.7. The average Bonchev–Trinajstić information content (AvgIpc) is 3.28. The predicted octanol–water partition coefficient (Wildman–Crippen LogP) is 0.730. The van der Waals surface area contributed by atoms with Crippen molar-refractivity contribution in [3.63, 3.8) is 0 Å². The fourth-order valence-electron chi connectivity index (χ4n) is 6.76. The molecule has 78 heavy (non-hydrogen) atoms. The van der Waals surface area contributed by atoms with Crippen molar-refractivity contribution in [3.05, 3.63) is 29.2 Å². The Kier molecular flexibility index (Phi) is 60.4. The number of hydrogen-bond donors (Lipinski definition) is 16. The van der Waals surface area contributed by atoms with Crippen LogP contribution >= 0.6 is 150 Å². The van der Waals surface area contributed by atoms with E-state index in [1.165, 1.54) is 0 Å². The van der Waals surface area contributed by atoms with Crippen LogP contribution in [0.25, 0.3) is 10.4 Å². The third kappa shape index (κ3) is 37.7. The van der Waals surface area contributed by atoms with Crippen molar-refractivity contribution in [1.29, 1.82) is 0 Å². The molecule has 0 bridgehead atoms. The standard InChI is InChI=1S/C9H16BN3O4.2C9H17BO5.C7H13BO6.C2H3I3.C2H4I.C2H5.CH3.3HI.3V/c1-9(2,10)8-7(16)5(12-13-11)6(15)4(3-14)17-8;2*1-9(2,10)8-7(14)6(13)5(12)4(3-11)15-8;8-7(13)6-5(12)4(11)3(10)2(1-9)14-6;1-2(3,4)5;1-2-3;1-2;;;;;;;/h4-8,14-16H,3H2,1-2H3;2*4-8,11-14H,3H2,1-2H3;2-7,9-13H,1H2;1H3;2H,1H3;1H2,2H3;1H3;3*1H;;;/q;;;;;3*-1;;;;;;+3/p-3/t3*4?,5-,6-,7?,8-;2?,3-,4-,5?,6-,7?;;;;;;;;;;/m0000........../s1. The predicted molar refractivity (Wildman–Crippen MR) is 347 cm³/mol. The number of hydrogen-bond acceptors (Lipinski definition) is 21.